The van der Waals surface area contributed by atoms with Gasteiger partial charge < -0.3 is 5.32 Å². The number of piperazine rings is 1. The van der Waals surface area contributed by atoms with Crippen molar-refractivity contribution in [2.75, 3.05) is 32.7 Å². The van der Waals surface area contributed by atoms with E-state index in [0.29, 0.717) is 0 Å². The quantitative estimate of drug-likeness (QED) is 0.634. The molecule has 1 aliphatic rings. The summed E-state index contributed by atoms with van der Waals surface area (Å²) in [6.07, 6.45) is 0. The topological polar surface area (TPSA) is 18.5 Å². The lowest BCUT2D eigenvalue weighted by molar-refractivity contribution is -0.00185. The van der Waals surface area contributed by atoms with Gasteiger partial charge in [0, 0.05) is 39.3 Å². The van der Waals surface area contributed by atoms with Gasteiger partial charge in [0.15, 0.2) is 0 Å². The van der Waals surface area contributed by atoms with Crippen molar-refractivity contribution in [2.24, 2.45) is 0 Å². The summed E-state index contributed by atoms with van der Waals surface area (Å²) in [6.45, 7) is 12.0. The van der Waals surface area contributed by atoms with Crippen molar-refractivity contribution in [1.82, 2.24) is 15.3 Å². The molecular weight excluding hydrogens is 138 g/mol. The molecular formula is C8H18N3. The van der Waals surface area contributed by atoms with Crippen molar-refractivity contribution in [1.29, 1.82) is 0 Å². The van der Waals surface area contributed by atoms with Crippen LogP contribution in [0.1, 0.15) is 13.8 Å². The summed E-state index contributed by atoms with van der Waals surface area (Å²) < 4.78 is 0. The predicted octanol–water partition coefficient (Wildman–Crippen LogP) is 0.310. The van der Waals surface area contributed by atoms with Gasteiger partial charge in [-0.05, 0) is 6.92 Å². The normalized spacial score (nSPS) is 21.0. The van der Waals surface area contributed by atoms with Crippen molar-refractivity contribution in [2.45, 2.75) is 13.8 Å². The van der Waals surface area contributed by atoms with E-state index in [9.17, 15) is 0 Å². The number of hydrogen-bond donors (Lipinski definition) is 1. The van der Waals surface area contributed by atoms with E-state index in [1.54, 1.807) is 0 Å². The number of nitrogens with zero attached hydrogens (tertiary/aromatic N) is 2. The molecule has 0 aromatic rings. The van der Waals surface area contributed by atoms with Crippen LogP contribution in [0.15, 0.2) is 0 Å². The maximum atomic E-state index is 3.34. The molecule has 0 aromatic carbocycles. The van der Waals surface area contributed by atoms with Crippen LogP contribution in [0.25, 0.3) is 0 Å². The van der Waals surface area contributed by atoms with E-state index >= 15 is 0 Å². The summed E-state index contributed by atoms with van der Waals surface area (Å²) in [5.74, 6) is 0. The Morgan fingerprint density at radius 1 is 1.45 bits per heavy atom. The maximum absolute atomic E-state index is 3.34. The lowest BCUT2D eigenvalue weighted by atomic mass is 10.4. The summed E-state index contributed by atoms with van der Waals surface area (Å²) in [6, 6.07) is 0. The molecule has 11 heavy (non-hydrogen) atoms. The van der Waals surface area contributed by atoms with E-state index in [2.05, 4.69) is 35.7 Å². The third-order valence-corrected chi connectivity index (χ3v) is 2.08. The van der Waals surface area contributed by atoms with Gasteiger partial charge in [0.1, 0.15) is 0 Å². The molecule has 1 aliphatic heterocycles. The third-order valence-electron chi connectivity index (χ3n) is 2.08. The van der Waals surface area contributed by atoms with Crippen LogP contribution >= 0.6 is 0 Å². The average Bonchev–Trinajstić information content (AvgIpc) is 2.09. The Balaban J connectivity index is 2.30. The number of rotatable bonds is 3. The highest BCUT2D eigenvalue weighted by Crippen LogP contribution is 2.01. The first kappa shape index (κ1) is 8.97. The molecule has 0 bridgehead atoms. The zero-order valence-corrected chi connectivity index (χ0v) is 7.51. The lowest BCUT2D eigenvalue weighted by Gasteiger charge is -2.36. The van der Waals surface area contributed by atoms with Gasteiger partial charge in [-0.3, -0.25) is 0 Å². The fourth-order valence-corrected chi connectivity index (χ4v) is 1.46. The van der Waals surface area contributed by atoms with E-state index in [0.717, 1.165) is 32.7 Å². The second-order valence-electron chi connectivity index (χ2n) is 2.72. The van der Waals surface area contributed by atoms with Gasteiger partial charge in [-0.15, -0.1) is 0 Å². The van der Waals surface area contributed by atoms with Crippen molar-refractivity contribution in [3.8, 4) is 0 Å². The largest absolute Gasteiger partial charge is 0.314 e. The van der Waals surface area contributed by atoms with Crippen molar-refractivity contribution in [3.05, 3.63) is 6.54 Å². The van der Waals surface area contributed by atoms with Crippen LogP contribution in [-0.4, -0.2) is 42.7 Å². The summed E-state index contributed by atoms with van der Waals surface area (Å²) >= 11 is 0. The molecule has 0 spiro atoms. The molecule has 1 fully saturated rings. The minimum atomic E-state index is 1.08. The molecule has 0 unspecified atom stereocenters. The van der Waals surface area contributed by atoms with Gasteiger partial charge >= 0.3 is 0 Å². The molecule has 1 saturated heterocycles. The summed E-state index contributed by atoms with van der Waals surface area (Å²) in [4.78, 5) is 0. The first-order chi connectivity index (χ1) is 5.38. The SMILES string of the molecule is C[CH]N(CC)N1CCNCC1. The average molecular weight is 156 g/mol. The molecule has 0 amide bonds. The summed E-state index contributed by atoms with van der Waals surface area (Å²) in [7, 11) is 0. The fraction of sp³-hybridized carbons (Fsp3) is 0.875. The number of hydrazine groups is 1. The molecule has 0 saturated carbocycles. The van der Waals surface area contributed by atoms with Gasteiger partial charge in [0.05, 0.1) is 0 Å². The van der Waals surface area contributed by atoms with Gasteiger partial charge in [-0.25, -0.2) is 10.0 Å². The molecule has 3 heteroatoms. The van der Waals surface area contributed by atoms with Crippen molar-refractivity contribution >= 4 is 0 Å². The summed E-state index contributed by atoms with van der Waals surface area (Å²) in [5, 5.41) is 8.00. The minimum absolute atomic E-state index is 1.08. The molecule has 0 atom stereocenters. The van der Waals surface area contributed by atoms with Crippen LogP contribution in [-0.2, 0) is 0 Å². The van der Waals surface area contributed by atoms with E-state index < -0.39 is 0 Å². The third kappa shape index (κ3) is 2.43. The van der Waals surface area contributed by atoms with Crippen LogP contribution in [0.3, 0.4) is 0 Å². The molecule has 0 aliphatic carbocycles. The molecule has 1 heterocycles. The standard InChI is InChI=1S/C8H18N3/c1-3-10(4-2)11-7-5-9-6-8-11/h3,9H,4-8H2,1-2H3. The molecule has 1 N–H and O–H groups in total. The first-order valence-corrected chi connectivity index (χ1v) is 4.40. The van der Waals surface area contributed by atoms with E-state index in [1.165, 1.54) is 0 Å². The van der Waals surface area contributed by atoms with Crippen molar-refractivity contribution < 1.29 is 0 Å². The molecule has 65 valence electrons. The van der Waals surface area contributed by atoms with Crippen LogP contribution < -0.4 is 5.32 Å². The zero-order chi connectivity index (χ0) is 8.10. The van der Waals surface area contributed by atoms with E-state index in [1.807, 2.05) is 0 Å². The second kappa shape index (κ2) is 4.70. The highest BCUT2D eigenvalue weighted by atomic mass is 15.6. The Bertz CT molecular complexity index is 95.5. The van der Waals surface area contributed by atoms with Gasteiger partial charge in [0.2, 0.25) is 0 Å². The highest BCUT2D eigenvalue weighted by molar-refractivity contribution is 4.68. The predicted molar refractivity (Wildman–Crippen MR) is 46.8 cm³/mol. The number of hydrogen-bond acceptors (Lipinski definition) is 3. The lowest BCUT2D eigenvalue weighted by Crippen LogP contribution is -2.51. The van der Waals surface area contributed by atoms with Gasteiger partial charge in [0.25, 0.3) is 0 Å². The van der Waals surface area contributed by atoms with E-state index in [4.69, 9.17) is 0 Å². The van der Waals surface area contributed by atoms with E-state index in [-0.39, 0.29) is 0 Å². The van der Waals surface area contributed by atoms with Crippen LogP contribution in [0, 0.1) is 6.54 Å². The van der Waals surface area contributed by atoms with Crippen LogP contribution in [0.5, 0.6) is 0 Å². The van der Waals surface area contributed by atoms with Crippen LogP contribution in [0.2, 0.25) is 0 Å². The first-order valence-electron chi connectivity index (χ1n) is 4.40. The van der Waals surface area contributed by atoms with Gasteiger partial charge in [-0.1, -0.05) is 6.92 Å². The van der Waals surface area contributed by atoms with Crippen LogP contribution in [0.4, 0.5) is 0 Å². The van der Waals surface area contributed by atoms with Crippen molar-refractivity contribution in [3.63, 3.8) is 0 Å². The molecule has 1 radical (unpaired) electrons. The Hall–Kier alpha value is -0.120. The smallest absolute Gasteiger partial charge is 0.0384 e. The zero-order valence-electron chi connectivity index (χ0n) is 7.51. The molecule has 1 rings (SSSR count). The Morgan fingerprint density at radius 3 is 2.55 bits per heavy atom. The Morgan fingerprint density at radius 2 is 2.09 bits per heavy atom. The molecule has 0 aromatic heterocycles. The highest BCUT2D eigenvalue weighted by Gasteiger charge is 2.14. The Kier molecular flexibility index (Phi) is 3.83. The van der Waals surface area contributed by atoms with Gasteiger partial charge in [-0.2, -0.15) is 0 Å². The Labute approximate surface area is 69.3 Å². The summed E-state index contributed by atoms with van der Waals surface area (Å²) in [5.41, 5.74) is 0. The number of nitrogens with one attached hydrogen (secondary N) is 1. The fourth-order valence-electron chi connectivity index (χ4n) is 1.46. The monoisotopic (exact) mass is 156 g/mol. The minimum Gasteiger partial charge on any atom is -0.314 e. The molecule has 3 nitrogen and oxygen atoms in total. The maximum Gasteiger partial charge on any atom is 0.0384 e. The second-order valence-corrected chi connectivity index (χ2v) is 2.72.